The average Bonchev–Trinajstić information content (AvgIpc) is 2.80. The van der Waals surface area contributed by atoms with E-state index in [1.54, 1.807) is 19.2 Å². The van der Waals surface area contributed by atoms with Gasteiger partial charge < -0.3 is 44.5 Å². The SMILES string of the molecule is COc1ccc(Cc2c(OC)cc(CO)cc2O[C@@H]2O[C@H]([C@@H](C)O)[C@@H](O)[C@H](O)[C@H]2O)cc1. The van der Waals surface area contributed by atoms with Crippen LogP contribution in [0, 0.1) is 0 Å². The maximum atomic E-state index is 10.4. The van der Waals surface area contributed by atoms with Crippen molar-refractivity contribution < 1.29 is 44.5 Å². The Hall–Kier alpha value is -2.40. The highest BCUT2D eigenvalue weighted by atomic mass is 16.7. The quantitative estimate of drug-likeness (QED) is 0.386. The van der Waals surface area contributed by atoms with Gasteiger partial charge in [-0.2, -0.15) is 0 Å². The molecule has 0 radical (unpaired) electrons. The lowest BCUT2D eigenvalue weighted by atomic mass is 9.96. The summed E-state index contributed by atoms with van der Waals surface area (Å²) in [5.41, 5.74) is 2.06. The summed E-state index contributed by atoms with van der Waals surface area (Å²) in [6, 6.07) is 10.7. The molecule has 0 aliphatic carbocycles. The molecule has 9 heteroatoms. The second-order valence-electron chi connectivity index (χ2n) is 7.76. The second-order valence-corrected chi connectivity index (χ2v) is 7.76. The number of ether oxygens (including phenoxy) is 4. The fourth-order valence-corrected chi connectivity index (χ4v) is 3.67. The van der Waals surface area contributed by atoms with Crippen molar-refractivity contribution in [3.05, 3.63) is 53.1 Å². The molecule has 1 fully saturated rings. The molecule has 0 saturated carbocycles. The van der Waals surface area contributed by atoms with Gasteiger partial charge in [-0.1, -0.05) is 12.1 Å². The summed E-state index contributed by atoms with van der Waals surface area (Å²) in [6.45, 7) is 1.13. The molecule has 176 valence electrons. The van der Waals surface area contributed by atoms with Crippen LogP contribution in [0.3, 0.4) is 0 Å². The van der Waals surface area contributed by atoms with Gasteiger partial charge in [0.05, 0.1) is 26.9 Å². The van der Waals surface area contributed by atoms with Crippen LogP contribution in [0.2, 0.25) is 0 Å². The first-order chi connectivity index (χ1) is 15.3. The van der Waals surface area contributed by atoms with Crippen LogP contribution >= 0.6 is 0 Å². The molecule has 2 aromatic carbocycles. The Morgan fingerprint density at radius 1 is 0.906 bits per heavy atom. The third-order valence-corrected chi connectivity index (χ3v) is 5.50. The first kappa shape index (κ1) is 24.2. The van der Waals surface area contributed by atoms with Gasteiger partial charge in [-0.25, -0.2) is 0 Å². The molecule has 0 unspecified atom stereocenters. The lowest BCUT2D eigenvalue weighted by Gasteiger charge is -2.41. The molecule has 0 bridgehead atoms. The molecule has 3 rings (SSSR count). The first-order valence-electron chi connectivity index (χ1n) is 10.3. The number of methoxy groups -OCH3 is 2. The summed E-state index contributed by atoms with van der Waals surface area (Å²) >= 11 is 0. The molecular weight excluding hydrogens is 420 g/mol. The fourth-order valence-electron chi connectivity index (χ4n) is 3.67. The van der Waals surface area contributed by atoms with Crippen LogP contribution in [-0.4, -0.2) is 76.6 Å². The van der Waals surface area contributed by atoms with E-state index in [1.807, 2.05) is 24.3 Å². The van der Waals surface area contributed by atoms with E-state index < -0.39 is 36.8 Å². The van der Waals surface area contributed by atoms with Crippen LogP contribution in [0.4, 0.5) is 0 Å². The van der Waals surface area contributed by atoms with Gasteiger partial charge in [0.2, 0.25) is 6.29 Å². The van der Waals surface area contributed by atoms with E-state index in [9.17, 15) is 25.5 Å². The minimum atomic E-state index is -1.58. The average molecular weight is 450 g/mol. The van der Waals surface area contributed by atoms with Crippen molar-refractivity contribution >= 4 is 0 Å². The lowest BCUT2D eigenvalue weighted by Crippen LogP contribution is -2.61. The molecule has 2 aromatic rings. The number of hydrogen-bond donors (Lipinski definition) is 5. The van der Waals surface area contributed by atoms with E-state index in [1.165, 1.54) is 14.0 Å². The maximum absolute atomic E-state index is 10.4. The van der Waals surface area contributed by atoms with Gasteiger partial charge in [0, 0.05) is 12.0 Å². The Labute approximate surface area is 186 Å². The van der Waals surface area contributed by atoms with Gasteiger partial charge in [0.15, 0.2) is 0 Å². The number of hydrogen-bond acceptors (Lipinski definition) is 9. The Morgan fingerprint density at radius 3 is 2.12 bits per heavy atom. The van der Waals surface area contributed by atoms with E-state index in [2.05, 4.69) is 0 Å². The number of benzene rings is 2. The lowest BCUT2D eigenvalue weighted by molar-refractivity contribution is -0.286. The highest BCUT2D eigenvalue weighted by Crippen LogP contribution is 2.36. The van der Waals surface area contributed by atoms with Crippen molar-refractivity contribution in [2.75, 3.05) is 14.2 Å². The smallest absolute Gasteiger partial charge is 0.229 e. The van der Waals surface area contributed by atoms with E-state index in [0.717, 1.165) is 5.56 Å². The predicted octanol–water partition coefficient (Wildman–Crippen LogP) is 0.354. The molecular formula is C23H30O9. The monoisotopic (exact) mass is 450 g/mol. The van der Waals surface area contributed by atoms with Gasteiger partial charge in [-0.15, -0.1) is 0 Å². The minimum Gasteiger partial charge on any atom is -0.497 e. The van der Waals surface area contributed by atoms with Crippen molar-refractivity contribution in [1.82, 2.24) is 0 Å². The molecule has 5 N–H and O–H groups in total. The third kappa shape index (κ3) is 5.15. The molecule has 0 amide bonds. The van der Waals surface area contributed by atoms with Crippen molar-refractivity contribution in [2.24, 2.45) is 0 Å². The summed E-state index contributed by atoms with van der Waals surface area (Å²) in [6.07, 6.45) is -7.90. The Morgan fingerprint density at radius 2 is 1.56 bits per heavy atom. The second kappa shape index (κ2) is 10.5. The van der Waals surface area contributed by atoms with Crippen molar-refractivity contribution in [3.63, 3.8) is 0 Å². The van der Waals surface area contributed by atoms with E-state index in [0.29, 0.717) is 29.0 Å². The Balaban J connectivity index is 1.96. The van der Waals surface area contributed by atoms with Crippen LogP contribution in [0.25, 0.3) is 0 Å². The zero-order chi connectivity index (χ0) is 23.4. The normalized spacial score (nSPS) is 26.4. The standard InChI is InChI=1S/C23H30O9/c1-12(25)22-20(27)19(26)21(28)23(32-22)31-18-10-14(11-24)9-17(30-3)16(18)8-13-4-6-15(29-2)7-5-13/h4-7,9-10,12,19-28H,8,11H2,1-3H3/t12-,19+,20+,21-,22-,23-/m1/s1. The zero-order valence-corrected chi connectivity index (χ0v) is 18.2. The van der Waals surface area contributed by atoms with Crippen LogP contribution in [0.1, 0.15) is 23.6 Å². The summed E-state index contributed by atoms with van der Waals surface area (Å²) in [4.78, 5) is 0. The molecule has 0 aromatic heterocycles. The van der Waals surface area contributed by atoms with Crippen molar-refractivity contribution in [2.45, 2.75) is 56.8 Å². The van der Waals surface area contributed by atoms with Crippen molar-refractivity contribution in [3.8, 4) is 17.2 Å². The summed E-state index contributed by atoms with van der Waals surface area (Å²) < 4.78 is 22.2. The van der Waals surface area contributed by atoms with Gasteiger partial charge in [0.1, 0.15) is 41.7 Å². The van der Waals surface area contributed by atoms with Crippen LogP contribution < -0.4 is 14.2 Å². The van der Waals surface area contributed by atoms with Crippen LogP contribution in [0.15, 0.2) is 36.4 Å². The first-order valence-corrected chi connectivity index (χ1v) is 10.3. The molecule has 9 nitrogen and oxygen atoms in total. The summed E-state index contributed by atoms with van der Waals surface area (Å²) in [7, 11) is 3.08. The Bertz CT molecular complexity index is 884. The number of aliphatic hydroxyl groups excluding tert-OH is 5. The molecule has 1 saturated heterocycles. The van der Waals surface area contributed by atoms with E-state index in [4.69, 9.17) is 18.9 Å². The molecule has 1 heterocycles. The van der Waals surface area contributed by atoms with E-state index >= 15 is 0 Å². The number of aliphatic hydroxyl groups is 5. The van der Waals surface area contributed by atoms with Gasteiger partial charge in [-0.05, 0) is 42.3 Å². The highest BCUT2D eigenvalue weighted by molar-refractivity contribution is 5.50. The molecule has 32 heavy (non-hydrogen) atoms. The third-order valence-electron chi connectivity index (χ3n) is 5.50. The highest BCUT2D eigenvalue weighted by Gasteiger charge is 2.46. The molecule has 1 aliphatic heterocycles. The topological polar surface area (TPSA) is 138 Å². The van der Waals surface area contributed by atoms with Gasteiger partial charge >= 0.3 is 0 Å². The summed E-state index contributed by atoms with van der Waals surface area (Å²) in [5, 5.41) is 50.3. The fraction of sp³-hybridized carbons (Fsp3) is 0.478. The van der Waals surface area contributed by atoms with Gasteiger partial charge in [-0.3, -0.25) is 0 Å². The minimum absolute atomic E-state index is 0.265. The van der Waals surface area contributed by atoms with Crippen molar-refractivity contribution in [1.29, 1.82) is 0 Å². The molecule has 1 aliphatic rings. The van der Waals surface area contributed by atoms with E-state index in [-0.39, 0.29) is 12.4 Å². The van der Waals surface area contributed by atoms with Gasteiger partial charge in [0.25, 0.3) is 0 Å². The Kier molecular flexibility index (Phi) is 7.94. The maximum Gasteiger partial charge on any atom is 0.229 e. The van der Waals surface area contributed by atoms with Crippen LogP contribution in [-0.2, 0) is 17.8 Å². The zero-order valence-electron chi connectivity index (χ0n) is 18.2. The molecule has 6 atom stereocenters. The predicted molar refractivity (Wildman–Crippen MR) is 114 cm³/mol. The molecule has 0 spiro atoms. The van der Waals surface area contributed by atoms with Crippen LogP contribution in [0.5, 0.6) is 17.2 Å². The number of rotatable bonds is 8. The summed E-state index contributed by atoms with van der Waals surface area (Å²) in [5.74, 6) is 1.43. The largest absolute Gasteiger partial charge is 0.497 e.